The van der Waals surface area contributed by atoms with Crippen molar-refractivity contribution in [3.05, 3.63) is 23.8 Å². The zero-order chi connectivity index (χ0) is 13.9. The number of carbonyl (C=O) groups is 1. The summed E-state index contributed by atoms with van der Waals surface area (Å²) in [5, 5.41) is 9.23. The number of aromatic carboxylic acids is 1. The molecule has 1 unspecified atom stereocenters. The predicted octanol–water partition coefficient (Wildman–Crippen LogP) is 2.87. The smallest absolute Gasteiger partial charge is 0.337 e. The molecule has 100 valence electrons. The number of carboxylic acid groups (broad SMARTS) is 1. The Morgan fingerprint density at radius 2 is 1.94 bits per heavy atom. The summed E-state index contributed by atoms with van der Waals surface area (Å²) in [5.74, 6) is 0.177. The summed E-state index contributed by atoms with van der Waals surface area (Å²) in [6.07, 6.45) is 0. The Morgan fingerprint density at radius 1 is 1.33 bits per heavy atom. The maximum absolute atomic E-state index is 11.3. The number of benzene rings is 1. The fourth-order valence-corrected chi connectivity index (χ4v) is 1.78. The molecule has 0 aliphatic heterocycles. The van der Waals surface area contributed by atoms with Gasteiger partial charge in [-0.15, -0.1) is 0 Å². The van der Waals surface area contributed by atoms with Gasteiger partial charge in [0.2, 0.25) is 0 Å². The molecule has 18 heavy (non-hydrogen) atoms. The third-order valence-corrected chi connectivity index (χ3v) is 3.39. The summed E-state index contributed by atoms with van der Waals surface area (Å²) in [6, 6.07) is 5.26. The zero-order valence-corrected chi connectivity index (χ0v) is 11.6. The molecule has 4 heteroatoms. The van der Waals surface area contributed by atoms with Gasteiger partial charge in [0.05, 0.1) is 18.4 Å². The summed E-state index contributed by atoms with van der Waals surface area (Å²) in [5.41, 5.74) is 0.980. The minimum absolute atomic E-state index is 0.246. The minimum Gasteiger partial charge on any atom is -0.497 e. The number of ether oxygens (including phenoxy) is 1. The van der Waals surface area contributed by atoms with Crippen LogP contribution in [0.15, 0.2) is 18.2 Å². The maximum atomic E-state index is 11.3. The molecular formula is C14H21NO3. The molecule has 0 saturated heterocycles. The van der Waals surface area contributed by atoms with Gasteiger partial charge in [-0.2, -0.15) is 0 Å². The number of rotatable bonds is 5. The van der Waals surface area contributed by atoms with Crippen molar-refractivity contribution in [1.82, 2.24) is 0 Å². The lowest BCUT2D eigenvalue weighted by molar-refractivity contribution is 0.0697. The van der Waals surface area contributed by atoms with Crippen LogP contribution in [0.3, 0.4) is 0 Å². The molecular weight excluding hydrogens is 230 g/mol. The highest BCUT2D eigenvalue weighted by Gasteiger charge is 2.20. The molecule has 4 nitrogen and oxygen atoms in total. The highest BCUT2D eigenvalue weighted by molar-refractivity contribution is 5.94. The Labute approximate surface area is 108 Å². The first-order valence-corrected chi connectivity index (χ1v) is 6.02. The topological polar surface area (TPSA) is 49.8 Å². The van der Waals surface area contributed by atoms with Crippen LogP contribution in [0.5, 0.6) is 5.75 Å². The highest BCUT2D eigenvalue weighted by Crippen LogP contribution is 2.28. The number of carboxylic acids is 1. The number of methoxy groups -OCH3 is 1. The van der Waals surface area contributed by atoms with Gasteiger partial charge in [0.25, 0.3) is 0 Å². The first-order chi connectivity index (χ1) is 8.38. The van der Waals surface area contributed by atoms with E-state index in [0.717, 1.165) is 0 Å². The van der Waals surface area contributed by atoms with Crippen molar-refractivity contribution in [3.63, 3.8) is 0 Å². The molecule has 0 amide bonds. The third-order valence-electron chi connectivity index (χ3n) is 3.39. The molecule has 1 N–H and O–H groups in total. The van der Waals surface area contributed by atoms with Gasteiger partial charge in [0, 0.05) is 19.2 Å². The molecule has 0 radical (unpaired) electrons. The van der Waals surface area contributed by atoms with E-state index in [-0.39, 0.29) is 6.04 Å². The predicted molar refractivity (Wildman–Crippen MR) is 72.7 cm³/mol. The van der Waals surface area contributed by atoms with Gasteiger partial charge >= 0.3 is 5.97 Å². The molecule has 0 bridgehead atoms. The first-order valence-electron chi connectivity index (χ1n) is 6.02. The molecule has 0 aliphatic carbocycles. The Hall–Kier alpha value is -1.71. The second kappa shape index (κ2) is 5.76. The van der Waals surface area contributed by atoms with Crippen molar-refractivity contribution in [2.24, 2.45) is 5.92 Å². The first kappa shape index (κ1) is 14.4. The van der Waals surface area contributed by atoms with Crippen LogP contribution in [-0.2, 0) is 0 Å². The molecule has 1 atom stereocenters. The van der Waals surface area contributed by atoms with E-state index < -0.39 is 5.97 Å². The van der Waals surface area contributed by atoms with Crippen LogP contribution >= 0.6 is 0 Å². The summed E-state index contributed by atoms with van der Waals surface area (Å²) in [6.45, 7) is 6.30. The molecule has 0 saturated carbocycles. The van der Waals surface area contributed by atoms with Crippen LogP contribution in [0.4, 0.5) is 5.69 Å². The van der Waals surface area contributed by atoms with E-state index in [1.807, 2.05) is 11.9 Å². The van der Waals surface area contributed by atoms with Crippen LogP contribution in [-0.4, -0.2) is 31.3 Å². The van der Waals surface area contributed by atoms with E-state index in [1.54, 1.807) is 25.3 Å². The van der Waals surface area contributed by atoms with Crippen molar-refractivity contribution < 1.29 is 14.6 Å². The summed E-state index contributed by atoms with van der Waals surface area (Å²) < 4.78 is 5.16. The Morgan fingerprint density at radius 3 is 2.39 bits per heavy atom. The molecule has 0 aliphatic rings. The minimum atomic E-state index is -0.921. The average molecular weight is 251 g/mol. The normalized spacial score (nSPS) is 12.3. The monoisotopic (exact) mass is 251 g/mol. The van der Waals surface area contributed by atoms with Gasteiger partial charge in [-0.25, -0.2) is 4.79 Å². The fourth-order valence-electron chi connectivity index (χ4n) is 1.78. The lowest BCUT2D eigenvalue weighted by Gasteiger charge is -2.31. The van der Waals surface area contributed by atoms with Gasteiger partial charge in [-0.05, 0) is 25.0 Å². The maximum Gasteiger partial charge on any atom is 0.337 e. The highest BCUT2D eigenvalue weighted by atomic mass is 16.5. The molecule has 0 spiro atoms. The Kier molecular flexibility index (Phi) is 4.59. The number of anilines is 1. The second-order valence-corrected chi connectivity index (χ2v) is 4.78. The van der Waals surface area contributed by atoms with E-state index in [0.29, 0.717) is 22.9 Å². The molecule has 0 heterocycles. The van der Waals surface area contributed by atoms with Gasteiger partial charge < -0.3 is 14.7 Å². The summed E-state index contributed by atoms with van der Waals surface area (Å²) in [4.78, 5) is 13.2. The van der Waals surface area contributed by atoms with E-state index in [2.05, 4.69) is 20.8 Å². The van der Waals surface area contributed by atoms with E-state index in [1.165, 1.54) is 0 Å². The van der Waals surface area contributed by atoms with Crippen molar-refractivity contribution in [1.29, 1.82) is 0 Å². The van der Waals surface area contributed by atoms with Crippen LogP contribution in [0.25, 0.3) is 0 Å². The Balaban J connectivity index is 3.22. The third kappa shape index (κ3) is 2.94. The van der Waals surface area contributed by atoms with Crippen molar-refractivity contribution in [3.8, 4) is 5.75 Å². The van der Waals surface area contributed by atoms with Gasteiger partial charge in [0.15, 0.2) is 0 Å². The Bertz CT molecular complexity index is 429. The van der Waals surface area contributed by atoms with E-state index in [9.17, 15) is 9.90 Å². The van der Waals surface area contributed by atoms with Gasteiger partial charge in [0.1, 0.15) is 5.75 Å². The molecule has 1 rings (SSSR count). The number of nitrogens with zero attached hydrogens (tertiary/aromatic N) is 1. The lowest BCUT2D eigenvalue weighted by atomic mass is 10.0. The molecule has 0 aromatic heterocycles. The molecule has 1 aromatic rings. The number of hydrogen-bond donors (Lipinski definition) is 1. The van der Waals surface area contributed by atoms with Gasteiger partial charge in [-0.1, -0.05) is 13.8 Å². The second-order valence-electron chi connectivity index (χ2n) is 4.78. The quantitative estimate of drug-likeness (QED) is 0.874. The van der Waals surface area contributed by atoms with Crippen LogP contribution in [0.1, 0.15) is 31.1 Å². The fraction of sp³-hybridized carbons (Fsp3) is 0.500. The molecule has 0 fully saturated rings. The SMILES string of the molecule is COc1ccc(C(=O)O)c(N(C)C(C)C(C)C)c1. The standard InChI is InChI=1S/C14H21NO3/c1-9(2)10(3)15(4)13-8-11(18-5)6-7-12(13)14(16)17/h6-10H,1-5H3,(H,16,17). The van der Waals surface area contributed by atoms with Crippen LogP contribution in [0.2, 0.25) is 0 Å². The lowest BCUT2D eigenvalue weighted by Crippen LogP contribution is -2.34. The van der Waals surface area contributed by atoms with Crippen molar-refractivity contribution in [2.75, 3.05) is 19.1 Å². The largest absolute Gasteiger partial charge is 0.497 e. The molecule has 1 aromatic carbocycles. The summed E-state index contributed by atoms with van der Waals surface area (Å²) in [7, 11) is 3.48. The van der Waals surface area contributed by atoms with Crippen molar-refractivity contribution in [2.45, 2.75) is 26.8 Å². The zero-order valence-electron chi connectivity index (χ0n) is 11.6. The van der Waals surface area contributed by atoms with Crippen molar-refractivity contribution >= 4 is 11.7 Å². The van der Waals surface area contributed by atoms with Crippen LogP contribution in [0, 0.1) is 5.92 Å². The number of hydrogen-bond acceptors (Lipinski definition) is 3. The van der Waals surface area contributed by atoms with E-state index in [4.69, 9.17) is 4.74 Å². The van der Waals surface area contributed by atoms with Gasteiger partial charge in [-0.3, -0.25) is 0 Å². The average Bonchev–Trinajstić information content (AvgIpc) is 2.35. The van der Waals surface area contributed by atoms with Crippen LogP contribution < -0.4 is 9.64 Å². The van der Waals surface area contributed by atoms with E-state index >= 15 is 0 Å². The summed E-state index contributed by atoms with van der Waals surface area (Å²) >= 11 is 0.